The molecule has 0 aliphatic rings. The van der Waals surface area contributed by atoms with Gasteiger partial charge in [0.25, 0.3) is 0 Å². The number of carbonyl (C=O) groups is 2. The Morgan fingerprint density at radius 1 is 0.914 bits per heavy atom. The fraction of sp³-hybridized carbons (Fsp3) is 0.231. The van der Waals surface area contributed by atoms with Gasteiger partial charge in [0, 0.05) is 21.8 Å². The molecular formula is C26H26Cl2N2O4S. The van der Waals surface area contributed by atoms with Crippen LogP contribution in [0.3, 0.4) is 0 Å². The van der Waals surface area contributed by atoms with Gasteiger partial charge in [0.15, 0.2) is 5.78 Å². The highest BCUT2D eigenvalue weighted by Gasteiger charge is 2.23. The molecule has 35 heavy (non-hydrogen) atoms. The van der Waals surface area contributed by atoms with Crippen LogP contribution in [0.15, 0.2) is 66.7 Å². The van der Waals surface area contributed by atoms with E-state index in [0.717, 1.165) is 16.1 Å². The van der Waals surface area contributed by atoms with E-state index in [9.17, 15) is 18.0 Å². The second-order valence-electron chi connectivity index (χ2n) is 9.15. The van der Waals surface area contributed by atoms with Crippen LogP contribution >= 0.6 is 23.2 Å². The number of anilines is 2. The number of ketones is 1. The van der Waals surface area contributed by atoms with Crippen LogP contribution < -0.4 is 9.62 Å². The van der Waals surface area contributed by atoms with E-state index in [1.165, 1.54) is 18.2 Å². The molecule has 0 aliphatic heterocycles. The topological polar surface area (TPSA) is 83.6 Å². The number of nitrogens with zero attached hydrogens (tertiary/aromatic N) is 1. The maximum atomic E-state index is 13.0. The van der Waals surface area contributed by atoms with Crippen molar-refractivity contribution in [3.8, 4) is 0 Å². The summed E-state index contributed by atoms with van der Waals surface area (Å²) in [6.07, 6.45) is 0.982. The molecule has 0 fully saturated rings. The number of sulfonamides is 1. The van der Waals surface area contributed by atoms with Crippen LogP contribution in [-0.4, -0.2) is 32.9 Å². The lowest BCUT2D eigenvalue weighted by Gasteiger charge is -2.23. The van der Waals surface area contributed by atoms with Crippen molar-refractivity contribution >= 4 is 56.3 Å². The van der Waals surface area contributed by atoms with Crippen molar-refractivity contribution in [3.05, 3.63) is 93.5 Å². The summed E-state index contributed by atoms with van der Waals surface area (Å²) < 4.78 is 25.6. The van der Waals surface area contributed by atoms with Gasteiger partial charge in [-0.2, -0.15) is 0 Å². The van der Waals surface area contributed by atoms with Gasteiger partial charge in [-0.3, -0.25) is 13.9 Å². The largest absolute Gasteiger partial charge is 0.324 e. The van der Waals surface area contributed by atoms with Crippen LogP contribution in [0.1, 0.15) is 42.3 Å². The monoisotopic (exact) mass is 532 g/mol. The standard InChI is InChI=1S/C26H26Cl2N2O4S/c1-26(2,3)19-10-8-17(9-11-19)25(32)18-6-5-7-21(14-18)29-24(31)16-30(35(4,33)34)23-13-12-20(27)15-22(23)28/h5-15H,16H2,1-4H3,(H,29,31). The second kappa shape index (κ2) is 10.4. The third kappa shape index (κ3) is 6.84. The van der Waals surface area contributed by atoms with E-state index < -0.39 is 22.5 Å². The third-order valence-electron chi connectivity index (χ3n) is 5.29. The van der Waals surface area contributed by atoms with Crippen molar-refractivity contribution in [1.29, 1.82) is 0 Å². The van der Waals surface area contributed by atoms with Crippen LogP contribution in [0.4, 0.5) is 11.4 Å². The van der Waals surface area contributed by atoms with Crippen LogP contribution in [0.5, 0.6) is 0 Å². The van der Waals surface area contributed by atoms with Crippen molar-refractivity contribution in [1.82, 2.24) is 0 Å². The fourth-order valence-corrected chi connectivity index (χ4v) is 4.85. The van der Waals surface area contributed by atoms with Gasteiger partial charge in [-0.25, -0.2) is 8.42 Å². The van der Waals surface area contributed by atoms with E-state index in [1.54, 1.807) is 36.4 Å². The minimum atomic E-state index is -3.82. The summed E-state index contributed by atoms with van der Waals surface area (Å²) in [5, 5.41) is 3.09. The first kappa shape index (κ1) is 26.7. The number of halogens is 2. The van der Waals surface area contributed by atoms with Gasteiger partial charge in [0.2, 0.25) is 15.9 Å². The summed E-state index contributed by atoms with van der Waals surface area (Å²) in [7, 11) is -3.82. The Kier molecular flexibility index (Phi) is 7.94. The lowest BCUT2D eigenvalue weighted by molar-refractivity contribution is -0.114. The summed E-state index contributed by atoms with van der Waals surface area (Å²) in [5.74, 6) is -0.784. The van der Waals surface area contributed by atoms with E-state index in [0.29, 0.717) is 21.8 Å². The zero-order valence-electron chi connectivity index (χ0n) is 19.8. The van der Waals surface area contributed by atoms with E-state index in [-0.39, 0.29) is 21.9 Å². The molecular weight excluding hydrogens is 507 g/mol. The highest BCUT2D eigenvalue weighted by molar-refractivity contribution is 7.92. The molecule has 0 radical (unpaired) electrons. The molecule has 0 bridgehead atoms. The summed E-state index contributed by atoms with van der Waals surface area (Å²) in [4.78, 5) is 25.7. The molecule has 3 aromatic rings. The van der Waals surface area contributed by atoms with E-state index in [1.807, 2.05) is 12.1 Å². The average molecular weight is 533 g/mol. The van der Waals surface area contributed by atoms with Crippen molar-refractivity contribution < 1.29 is 18.0 Å². The molecule has 0 aliphatic carbocycles. The normalized spacial score (nSPS) is 11.7. The van der Waals surface area contributed by atoms with E-state index >= 15 is 0 Å². The molecule has 1 amide bonds. The highest BCUT2D eigenvalue weighted by Crippen LogP contribution is 2.30. The maximum absolute atomic E-state index is 13.0. The summed E-state index contributed by atoms with van der Waals surface area (Å²) in [6, 6.07) is 18.2. The molecule has 0 atom stereocenters. The second-order valence-corrected chi connectivity index (χ2v) is 11.9. The van der Waals surface area contributed by atoms with E-state index in [2.05, 4.69) is 26.1 Å². The first-order valence-corrected chi connectivity index (χ1v) is 13.3. The minimum absolute atomic E-state index is 0.0259. The predicted molar refractivity (Wildman–Crippen MR) is 142 cm³/mol. The van der Waals surface area contributed by atoms with Crippen LogP contribution in [0, 0.1) is 0 Å². The van der Waals surface area contributed by atoms with E-state index in [4.69, 9.17) is 23.2 Å². The minimum Gasteiger partial charge on any atom is -0.324 e. The zero-order valence-corrected chi connectivity index (χ0v) is 22.1. The number of hydrogen-bond acceptors (Lipinski definition) is 4. The van der Waals surface area contributed by atoms with Gasteiger partial charge in [-0.15, -0.1) is 0 Å². The molecule has 6 nitrogen and oxygen atoms in total. The van der Waals surface area contributed by atoms with Crippen LogP contribution in [0.2, 0.25) is 10.0 Å². The Balaban J connectivity index is 1.78. The van der Waals surface area contributed by atoms with Gasteiger partial charge in [-0.1, -0.05) is 80.4 Å². The number of hydrogen-bond donors (Lipinski definition) is 1. The molecule has 0 spiro atoms. The highest BCUT2D eigenvalue weighted by atomic mass is 35.5. The zero-order chi connectivity index (χ0) is 26.0. The van der Waals surface area contributed by atoms with Crippen molar-refractivity contribution in [2.45, 2.75) is 26.2 Å². The quantitative estimate of drug-likeness (QED) is 0.382. The average Bonchev–Trinajstić information content (AvgIpc) is 2.76. The maximum Gasteiger partial charge on any atom is 0.245 e. The molecule has 3 aromatic carbocycles. The first-order valence-electron chi connectivity index (χ1n) is 10.7. The predicted octanol–water partition coefficient (Wildman–Crippen LogP) is 5.93. The van der Waals surface area contributed by atoms with Gasteiger partial charge in [0.05, 0.1) is 17.0 Å². The van der Waals surface area contributed by atoms with Gasteiger partial charge in [-0.05, 0) is 41.3 Å². The summed E-state index contributed by atoms with van der Waals surface area (Å²) in [6.45, 7) is 5.79. The Hall–Kier alpha value is -2.87. The molecule has 0 heterocycles. The van der Waals surface area contributed by atoms with Gasteiger partial charge >= 0.3 is 0 Å². The Bertz CT molecular complexity index is 1360. The molecule has 3 rings (SSSR count). The Morgan fingerprint density at radius 2 is 1.57 bits per heavy atom. The molecule has 9 heteroatoms. The molecule has 184 valence electrons. The summed E-state index contributed by atoms with van der Waals surface area (Å²) in [5.41, 5.74) is 2.52. The molecule has 0 unspecified atom stereocenters. The fourth-order valence-electron chi connectivity index (χ4n) is 3.42. The number of benzene rings is 3. The number of rotatable bonds is 7. The number of nitrogens with one attached hydrogen (secondary N) is 1. The molecule has 0 saturated carbocycles. The lowest BCUT2D eigenvalue weighted by atomic mass is 9.86. The Morgan fingerprint density at radius 3 is 2.14 bits per heavy atom. The molecule has 1 N–H and O–H groups in total. The number of amides is 1. The third-order valence-corrected chi connectivity index (χ3v) is 6.95. The van der Waals surface area contributed by atoms with Crippen molar-refractivity contribution in [2.75, 3.05) is 22.4 Å². The smallest absolute Gasteiger partial charge is 0.245 e. The molecule has 0 saturated heterocycles. The summed E-state index contributed by atoms with van der Waals surface area (Å²) >= 11 is 12.1. The SMILES string of the molecule is CC(C)(C)c1ccc(C(=O)c2cccc(NC(=O)CN(c3ccc(Cl)cc3Cl)S(C)(=O)=O)c2)cc1. The van der Waals surface area contributed by atoms with Crippen molar-refractivity contribution in [2.24, 2.45) is 0 Å². The van der Waals surface area contributed by atoms with Gasteiger partial charge < -0.3 is 5.32 Å². The van der Waals surface area contributed by atoms with Crippen LogP contribution in [0.25, 0.3) is 0 Å². The lowest BCUT2D eigenvalue weighted by Crippen LogP contribution is -2.37. The van der Waals surface area contributed by atoms with Gasteiger partial charge in [0.1, 0.15) is 6.54 Å². The first-order chi connectivity index (χ1) is 16.3. The number of carbonyl (C=O) groups excluding carboxylic acids is 2. The Labute approximate surface area is 215 Å². The van der Waals surface area contributed by atoms with Crippen molar-refractivity contribution in [3.63, 3.8) is 0 Å². The van der Waals surface area contributed by atoms with Crippen LogP contribution in [-0.2, 0) is 20.2 Å². The molecule has 0 aromatic heterocycles.